The third kappa shape index (κ3) is 1.60. The molecule has 2 N–H and O–H groups in total. The highest BCUT2D eigenvalue weighted by atomic mass is 35.5. The molecule has 14 heavy (non-hydrogen) atoms. The Morgan fingerprint density at radius 2 is 1.64 bits per heavy atom. The highest BCUT2D eigenvalue weighted by Crippen LogP contribution is 2.41. The standard InChI is InChI=1S/C9H11Cl2N3/c10-7-6(8(11)14-5-13-7)9(12)3-1-2-4-9/h5H,1-4,12H2. The van der Waals surface area contributed by atoms with Crippen molar-refractivity contribution in [3.05, 3.63) is 22.2 Å². The highest BCUT2D eigenvalue weighted by molar-refractivity contribution is 6.34. The molecular weight excluding hydrogens is 221 g/mol. The van der Waals surface area contributed by atoms with Gasteiger partial charge in [0.15, 0.2) is 0 Å². The van der Waals surface area contributed by atoms with Crippen LogP contribution < -0.4 is 5.73 Å². The fraction of sp³-hybridized carbons (Fsp3) is 0.556. The van der Waals surface area contributed by atoms with Crippen LogP contribution in [0.15, 0.2) is 6.33 Å². The van der Waals surface area contributed by atoms with E-state index in [1.165, 1.54) is 6.33 Å². The van der Waals surface area contributed by atoms with E-state index >= 15 is 0 Å². The summed E-state index contributed by atoms with van der Waals surface area (Å²) in [6.07, 6.45) is 5.38. The summed E-state index contributed by atoms with van der Waals surface area (Å²) < 4.78 is 0. The average molecular weight is 232 g/mol. The number of aromatic nitrogens is 2. The van der Waals surface area contributed by atoms with Crippen LogP contribution in [-0.2, 0) is 5.54 Å². The van der Waals surface area contributed by atoms with Gasteiger partial charge in [-0.15, -0.1) is 0 Å². The second-order valence-electron chi connectivity index (χ2n) is 3.69. The molecular formula is C9H11Cl2N3. The Morgan fingerprint density at radius 1 is 1.14 bits per heavy atom. The normalized spacial score (nSPS) is 19.9. The van der Waals surface area contributed by atoms with E-state index in [4.69, 9.17) is 28.9 Å². The van der Waals surface area contributed by atoms with Gasteiger partial charge in [0.05, 0.1) is 0 Å². The number of nitrogens with zero attached hydrogens (tertiary/aromatic N) is 2. The summed E-state index contributed by atoms with van der Waals surface area (Å²) in [4.78, 5) is 7.84. The molecule has 1 saturated carbocycles. The third-order valence-corrected chi connectivity index (χ3v) is 3.32. The molecule has 0 amide bonds. The maximum Gasteiger partial charge on any atom is 0.139 e. The molecule has 0 aliphatic heterocycles. The Kier molecular flexibility index (Phi) is 2.64. The molecule has 0 bridgehead atoms. The molecule has 0 aromatic carbocycles. The van der Waals surface area contributed by atoms with E-state index in [0.717, 1.165) is 25.7 Å². The molecule has 1 fully saturated rings. The van der Waals surface area contributed by atoms with Crippen molar-refractivity contribution in [2.45, 2.75) is 31.2 Å². The zero-order valence-corrected chi connectivity index (χ0v) is 9.15. The molecule has 1 aliphatic carbocycles. The second-order valence-corrected chi connectivity index (χ2v) is 4.41. The Bertz CT molecular complexity index is 328. The van der Waals surface area contributed by atoms with Crippen LogP contribution in [0.4, 0.5) is 0 Å². The van der Waals surface area contributed by atoms with Gasteiger partial charge < -0.3 is 5.73 Å². The largest absolute Gasteiger partial charge is 0.321 e. The summed E-state index contributed by atoms with van der Waals surface area (Å²) in [5.74, 6) is 0. The van der Waals surface area contributed by atoms with E-state index < -0.39 is 5.54 Å². The molecule has 76 valence electrons. The van der Waals surface area contributed by atoms with E-state index in [-0.39, 0.29) is 0 Å². The van der Waals surface area contributed by atoms with Gasteiger partial charge in [-0.2, -0.15) is 0 Å². The van der Waals surface area contributed by atoms with Crippen LogP contribution >= 0.6 is 23.2 Å². The average Bonchev–Trinajstić information content (AvgIpc) is 2.52. The van der Waals surface area contributed by atoms with Crippen molar-refractivity contribution in [2.24, 2.45) is 5.73 Å². The van der Waals surface area contributed by atoms with Gasteiger partial charge in [-0.05, 0) is 12.8 Å². The molecule has 0 atom stereocenters. The van der Waals surface area contributed by atoms with Crippen LogP contribution in [0.2, 0.25) is 10.3 Å². The number of hydrogen-bond acceptors (Lipinski definition) is 3. The van der Waals surface area contributed by atoms with Crippen molar-refractivity contribution >= 4 is 23.2 Å². The maximum absolute atomic E-state index is 6.23. The van der Waals surface area contributed by atoms with E-state index in [2.05, 4.69) is 9.97 Å². The van der Waals surface area contributed by atoms with Crippen LogP contribution in [0.1, 0.15) is 31.2 Å². The van der Waals surface area contributed by atoms with E-state index in [1.807, 2.05) is 0 Å². The van der Waals surface area contributed by atoms with Gasteiger partial charge in [-0.25, -0.2) is 9.97 Å². The first kappa shape index (κ1) is 10.1. The monoisotopic (exact) mass is 231 g/mol. The van der Waals surface area contributed by atoms with Crippen molar-refractivity contribution in [1.29, 1.82) is 0 Å². The minimum atomic E-state index is -0.421. The van der Waals surface area contributed by atoms with Crippen LogP contribution in [0.25, 0.3) is 0 Å². The first-order chi connectivity index (χ1) is 6.63. The molecule has 1 aromatic heterocycles. The Hall–Kier alpha value is -0.380. The second kappa shape index (κ2) is 3.65. The van der Waals surface area contributed by atoms with Gasteiger partial charge >= 0.3 is 0 Å². The predicted molar refractivity (Wildman–Crippen MR) is 56.4 cm³/mol. The fourth-order valence-corrected chi connectivity index (χ4v) is 2.70. The van der Waals surface area contributed by atoms with Crippen molar-refractivity contribution in [3.63, 3.8) is 0 Å². The smallest absolute Gasteiger partial charge is 0.139 e. The SMILES string of the molecule is NC1(c2c(Cl)ncnc2Cl)CCCC1. The molecule has 1 aliphatic rings. The lowest BCUT2D eigenvalue weighted by Gasteiger charge is -2.24. The zero-order chi connectivity index (χ0) is 10.2. The minimum absolute atomic E-state index is 0.384. The van der Waals surface area contributed by atoms with Crippen molar-refractivity contribution in [2.75, 3.05) is 0 Å². The number of halogens is 2. The van der Waals surface area contributed by atoms with Crippen LogP contribution in [0.3, 0.4) is 0 Å². The highest BCUT2D eigenvalue weighted by Gasteiger charge is 2.35. The van der Waals surface area contributed by atoms with Gasteiger partial charge in [-0.1, -0.05) is 36.0 Å². The van der Waals surface area contributed by atoms with Crippen molar-refractivity contribution in [1.82, 2.24) is 9.97 Å². The number of hydrogen-bond donors (Lipinski definition) is 1. The molecule has 1 heterocycles. The quantitative estimate of drug-likeness (QED) is 0.757. The molecule has 0 unspecified atom stereocenters. The molecule has 0 radical (unpaired) electrons. The number of rotatable bonds is 1. The van der Waals surface area contributed by atoms with Gasteiger partial charge in [0.25, 0.3) is 0 Å². The first-order valence-electron chi connectivity index (χ1n) is 4.59. The third-order valence-electron chi connectivity index (χ3n) is 2.75. The topological polar surface area (TPSA) is 51.8 Å². The Morgan fingerprint density at radius 3 is 2.14 bits per heavy atom. The van der Waals surface area contributed by atoms with E-state index in [9.17, 15) is 0 Å². The summed E-state index contributed by atoms with van der Waals surface area (Å²) in [5, 5.41) is 0.767. The summed E-state index contributed by atoms with van der Waals surface area (Å²) in [6, 6.07) is 0. The summed E-state index contributed by atoms with van der Waals surface area (Å²) in [7, 11) is 0. The molecule has 5 heteroatoms. The van der Waals surface area contributed by atoms with Crippen molar-refractivity contribution in [3.8, 4) is 0 Å². The Labute approximate surface area is 92.6 Å². The molecule has 0 spiro atoms. The van der Waals surface area contributed by atoms with Crippen LogP contribution in [0.5, 0.6) is 0 Å². The van der Waals surface area contributed by atoms with Gasteiger partial charge in [0.2, 0.25) is 0 Å². The first-order valence-corrected chi connectivity index (χ1v) is 5.34. The van der Waals surface area contributed by atoms with Crippen LogP contribution in [-0.4, -0.2) is 9.97 Å². The summed E-state index contributed by atoms with van der Waals surface area (Å²) in [6.45, 7) is 0. The zero-order valence-electron chi connectivity index (χ0n) is 7.63. The minimum Gasteiger partial charge on any atom is -0.321 e. The van der Waals surface area contributed by atoms with Gasteiger partial charge in [0.1, 0.15) is 16.6 Å². The molecule has 2 rings (SSSR count). The fourth-order valence-electron chi connectivity index (χ4n) is 2.01. The van der Waals surface area contributed by atoms with E-state index in [0.29, 0.717) is 15.9 Å². The van der Waals surface area contributed by atoms with Gasteiger partial charge in [-0.3, -0.25) is 0 Å². The lowest BCUT2D eigenvalue weighted by atomic mass is 9.92. The predicted octanol–water partition coefficient (Wildman–Crippen LogP) is 2.51. The maximum atomic E-state index is 6.23. The lowest BCUT2D eigenvalue weighted by molar-refractivity contribution is 0.458. The van der Waals surface area contributed by atoms with Crippen molar-refractivity contribution < 1.29 is 0 Å². The Balaban J connectivity index is 2.49. The molecule has 0 saturated heterocycles. The molecule has 3 nitrogen and oxygen atoms in total. The lowest BCUT2D eigenvalue weighted by Crippen LogP contribution is -2.34. The van der Waals surface area contributed by atoms with Crippen LogP contribution in [0, 0.1) is 0 Å². The number of nitrogens with two attached hydrogens (primary N) is 1. The van der Waals surface area contributed by atoms with E-state index in [1.54, 1.807) is 0 Å². The van der Waals surface area contributed by atoms with Gasteiger partial charge in [0, 0.05) is 11.1 Å². The summed E-state index contributed by atoms with van der Waals surface area (Å²) >= 11 is 12.0. The summed E-state index contributed by atoms with van der Waals surface area (Å²) in [5.41, 5.74) is 6.52. The molecule has 1 aromatic rings.